The lowest BCUT2D eigenvalue weighted by molar-refractivity contribution is -0.129. The molecule has 0 heterocycles. The van der Waals surface area contributed by atoms with Gasteiger partial charge in [0.15, 0.2) is 0 Å². The molecule has 1 N–H and O–H groups in total. The summed E-state index contributed by atoms with van der Waals surface area (Å²) in [6.07, 6.45) is 0. The summed E-state index contributed by atoms with van der Waals surface area (Å²) >= 11 is 5.91. The van der Waals surface area contributed by atoms with E-state index in [1.54, 1.807) is 4.90 Å². The first kappa shape index (κ1) is 19.3. The van der Waals surface area contributed by atoms with Gasteiger partial charge in [0.05, 0.1) is 6.54 Å². The topological polar surface area (TPSA) is 35.6 Å². The largest absolute Gasteiger partial charge is 0.378 e. The Balaban J connectivity index is 1.84. The van der Waals surface area contributed by atoms with Crippen LogP contribution in [0.2, 0.25) is 5.02 Å². The number of hydrogen-bond donors (Lipinski definition) is 1. The van der Waals surface area contributed by atoms with Gasteiger partial charge in [0.2, 0.25) is 5.91 Å². The maximum Gasteiger partial charge on any atom is 0.236 e. The van der Waals surface area contributed by atoms with E-state index in [1.807, 2.05) is 52.3 Å². The molecule has 0 fully saturated rings. The Hall–Kier alpha value is -2.04. The van der Waals surface area contributed by atoms with Gasteiger partial charge in [-0.2, -0.15) is 0 Å². The molecule has 134 valence electrons. The first-order chi connectivity index (χ1) is 11.9. The van der Waals surface area contributed by atoms with Crippen molar-refractivity contribution in [3.63, 3.8) is 0 Å². The van der Waals surface area contributed by atoms with E-state index in [4.69, 9.17) is 11.6 Å². The number of carbonyl (C=O) groups is 1. The Morgan fingerprint density at radius 1 is 1.04 bits per heavy atom. The molecule has 0 saturated heterocycles. The van der Waals surface area contributed by atoms with Crippen molar-refractivity contribution in [1.29, 1.82) is 0 Å². The number of nitrogens with zero attached hydrogens (tertiary/aromatic N) is 2. The Morgan fingerprint density at radius 2 is 1.64 bits per heavy atom. The third kappa shape index (κ3) is 5.76. The first-order valence-corrected chi connectivity index (χ1v) is 8.73. The summed E-state index contributed by atoms with van der Waals surface area (Å²) in [6, 6.07) is 16.0. The van der Waals surface area contributed by atoms with E-state index < -0.39 is 0 Å². The second-order valence-corrected chi connectivity index (χ2v) is 6.90. The van der Waals surface area contributed by atoms with Crippen LogP contribution >= 0.6 is 11.6 Å². The molecule has 0 aromatic heterocycles. The van der Waals surface area contributed by atoms with Crippen molar-refractivity contribution >= 4 is 23.2 Å². The zero-order chi connectivity index (χ0) is 18.4. The second-order valence-electron chi connectivity index (χ2n) is 6.46. The van der Waals surface area contributed by atoms with Gasteiger partial charge in [0.1, 0.15) is 0 Å². The highest BCUT2D eigenvalue weighted by Crippen LogP contribution is 2.16. The average molecular weight is 360 g/mol. The molecule has 0 aliphatic heterocycles. The summed E-state index contributed by atoms with van der Waals surface area (Å²) in [4.78, 5) is 16.1. The SMILES string of the molecule is C[C@H](NCC(=O)N(C)Cc1ccc(N(C)C)cc1)c1ccc(Cl)cc1. The molecule has 0 aliphatic rings. The van der Waals surface area contributed by atoms with Crippen LogP contribution < -0.4 is 10.2 Å². The Kier molecular flexibility index (Phi) is 6.85. The highest BCUT2D eigenvalue weighted by atomic mass is 35.5. The zero-order valence-electron chi connectivity index (χ0n) is 15.3. The summed E-state index contributed by atoms with van der Waals surface area (Å²) in [7, 11) is 5.85. The molecule has 2 rings (SSSR count). The molecule has 5 heteroatoms. The third-order valence-corrected chi connectivity index (χ3v) is 4.48. The fourth-order valence-electron chi connectivity index (χ4n) is 2.51. The van der Waals surface area contributed by atoms with Gasteiger partial charge in [-0.1, -0.05) is 35.9 Å². The quantitative estimate of drug-likeness (QED) is 0.818. The van der Waals surface area contributed by atoms with E-state index >= 15 is 0 Å². The zero-order valence-corrected chi connectivity index (χ0v) is 16.0. The summed E-state index contributed by atoms with van der Waals surface area (Å²) in [5.41, 5.74) is 3.38. The van der Waals surface area contributed by atoms with Crippen molar-refractivity contribution in [3.05, 3.63) is 64.7 Å². The van der Waals surface area contributed by atoms with Crippen LogP contribution in [0.25, 0.3) is 0 Å². The summed E-state index contributed by atoms with van der Waals surface area (Å²) in [6.45, 7) is 2.94. The Labute approximate surface area is 155 Å². The molecular formula is C20H26ClN3O. The van der Waals surface area contributed by atoms with Crippen LogP contribution in [0.15, 0.2) is 48.5 Å². The lowest BCUT2D eigenvalue weighted by Crippen LogP contribution is -2.36. The van der Waals surface area contributed by atoms with Gasteiger partial charge in [0, 0.05) is 44.4 Å². The molecule has 0 spiro atoms. The van der Waals surface area contributed by atoms with Gasteiger partial charge in [-0.15, -0.1) is 0 Å². The first-order valence-electron chi connectivity index (χ1n) is 8.36. The lowest BCUT2D eigenvalue weighted by atomic mass is 10.1. The van der Waals surface area contributed by atoms with Gasteiger partial charge >= 0.3 is 0 Å². The van der Waals surface area contributed by atoms with Gasteiger partial charge in [-0.05, 0) is 42.3 Å². The number of benzene rings is 2. The van der Waals surface area contributed by atoms with Gasteiger partial charge in [-0.3, -0.25) is 4.79 Å². The molecule has 0 aliphatic carbocycles. The summed E-state index contributed by atoms with van der Waals surface area (Å²) < 4.78 is 0. The molecule has 0 radical (unpaired) electrons. The molecule has 0 unspecified atom stereocenters. The minimum Gasteiger partial charge on any atom is -0.378 e. The van der Waals surface area contributed by atoms with Crippen molar-refractivity contribution in [2.75, 3.05) is 32.6 Å². The van der Waals surface area contributed by atoms with Gasteiger partial charge in [0.25, 0.3) is 0 Å². The van der Waals surface area contributed by atoms with Gasteiger partial charge in [-0.25, -0.2) is 0 Å². The number of amides is 1. The van der Waals surface area contributed by atoms with Crippen LogP contribution in [0, 0.1) is 0 Å². The number of nitrogens with one attached hydrogen (secondary N) is 1. The minimum atomic E-state index is 0.0671. The van der Waals surface area contributed by atoms with Crippen molar-refractivity contribution in [1.82, 2.24) is 10.2 Å². The van der Waals surface area contributed by atoms with Crippen LogP contribution in [0.3, 0.4) is 0 Å². The van der Waals surface area contributed by atoms with Gasteiger partial charge < -0.3 is 15.1 Å². The van der Waals surface area contributed by atoms with Crippen molar-refractivity contribution in [2.24, 2.45) is 0 Å². The second kappa shape index (κ2) is 8.88. The standard InChI is InChI=1S/C20H26ClN3O/c1-15(17-7-9-18(21)10-8-17)22-13-20(25)24(4)14-16-5-11-19(12-6-16)23(2)3/h5-12,15,22H,13-14H2,1-4H3/t15-/m0/s1. The lowest BCUT2D eigenvalue weighted by Gasteiger charge is -2.20. The maximum atomic E-state index is 12.3. The number of hydrogen-bond acceptors (Lipinski definition) is 3. The van der Waals surface area contributed by atoms with Crippen LogP contribution in [0.5, 0.6) is 0 Å². The maximum absolute atomic E-state index is 12.3. The smallest absolute Gasteiger partial charge is 0.236 e. The number of carbonyl (C=O) groups excluding carboxylic acids is 1. The predicted molar refractivity (Wildman–Crippen MR) is 105 cm³/mol. The predicted octanol–water partition coefficient (Wildman–Crippen LogP) is 3.72. The Morgan fingerprint density at radius 3 is 2.20 bits per heavy atom. The summed E-state index contributed by atoms with van der Waals surface area (Å²) in [5.74, 6) is 0.0671. The van der Waals surface area contributed by atoms with Crippen molar-refractivity contribution in [2.45, 2.75) is 19.5 Å². The highest BCUT2D eigenvalue weighted by molar-refractivity contribution is 6.30. The average Bonchev–Trinajstić information content (AvgIpc) is 2.60. The highest BCUT2D eigenvalue weighted by Gasteiger charge is 2.12. The number of anilines is 1. The van der Waals surface area contributed by atoms with E-state index in [2.05, 4.69) is 34.5 Å². The van der Waals surface area contributed by atoms with E-state index in [1.165, 1.54) is 0 Å². The molecule has 2 aromatic carbocycles. The van der Waals surface area contributed by atoms with Crippen LogP contribution in [0.1, 0.15) is 24.1 Å². The fourth-order valence-corrected chi connectivity index (χ4v) is 2.63. The van der Waals surface area contributed by atoms with Crippen LogP contribution in [0.4, 0.5) is 5.69 Å². The molecule has 1 atom stereocenters. The molecule has 1 amide bonds. The van der Waals surface area contributed by atoms with Crippen molar-refractivity contribution < 1.29 is 4.79 Å². The van der Waals surface area contributed by atoms with E-state index in [0.29, 0.717) is 18.1 Å². The number of likely N-dealkylation sites (N-methyl/N-ethyl adjacent to an activating group) is 1. The van der Waals surface area contributed by atoms with E-state index in [0.717, 1.165) is 16.8 Å². The van der Waals surface area contributed by atoms with Crippen LogP contribution in [-0.2, 0) is 11.3 Å². The monoisotopic (exact) mass is 359 g/mol. The van der Waals surface area contributed by atoms with E-state index in [-0.39, 0.29) is 11.9 Å². The molecular weight excluding hydrogens is 334 g/mol. The molecule has 0 bridgehead atoms. The van der Waals surface area contributed by atoms with Crippen LogP contribution in [-0.4, -0.2) is 38.5 Å². The summed E-state index contributed by atoms with van der Waals surface area (Å²) in [5, 5.41) is 3.98. The Bertz CT molecular complexity index is 683. The van der Waals surface area contributed by atoms with E-state index in [9.17, 15) is 4.79 Å². The minimum absolute atomic E-state index is 0.0671. The third-order valence-electron chi connectivity index (χ3n) is 4.23. The molecule has 2 aromatic rings. The van der Waals surface area contributed by atoms with Crippen molar-refractivity contribution in [3.8, 4) is 0 Å². The number of halogens is 1. The molecule has 4 nitrogen and oxygen atoms in total. The fraction of sp³-hybridized carbons (Fsp3) is 0.350. The number of rotatable bonds is 7. The normalized spacial score (nSPS) is 11.9. The molecule has 0 saturated carbocycles. The molecule has 25 heavy (non-hydrogen) atoms.